The van der Waals surface area contributed by atoms with Crippen LogP contribution >= 0.6 is 0 Å². The van der Waals surface area contributed by atoms with Crippen LogP contribution in [0.1, 0.15) is 30.1 Å². The smallest absolute Gasteiger partial charge is 0.341 e. The summed E-state index contributed by atoms with van der Waals surface area (Å²) < 4.78 is 10.3. The minimum absolute atomic E-state index is 0.136. The molecule has 1 saturated carbocycles. The molecule has 21 heavy (non-hydrogen) atoms. The number of nitrogens with one attached hydrogen (secondary N) is 1. The van der Waals surface area contributed by atoms with Crippen molar-refractivity contribution in [2.24, 2.45) is 5.92 Å². The van der Waals surface area contributed by atoms with E-state index in [-0.39, 0.29) is 24.7 Å². The minimum atomic E-state index is -0.516. The molecule has 6 heteroatoms. The molecular weight excluding hydrogens is 272 g/mol. The molecule has 1 amide bonds. The minimum Gasteiger partial charge on any atom is -0.483 e. The first-order valence-corrected chi connectivity index (χ1v) is 7.06. The monoisotopic (exact) mass is 292 g/mol. The lowest BCUT2D eigenvalue weighted by atomic mass is 10.2. The number of hydrogen-bond acceptors (Lipinski definition) is 5. The van der Waals surface area contributed by atoms with E-state index in [9.17, 15) is 9.59 Å². The molecule has 0 spiro atoms. The van der Waals surface area contributed by atoms with Crippen molar-refractivity contribution < 1.29 is 19.1 Å². The molecule has 1 aromatic carbocycles. The van der Waals surface area contributed by atoms with Crippen molar-refractivity contribution in [3.8, 4) is 5.75 Å². The number of anilines is 1. The van der Waals surface area contributed by atoms with E-state index in [0.717, 1.165) is 0 Å². The van der Waals surface area contributed by atoms with E-state index in [2.05, 4.69) is 5.32 Å². The third kappa shape index (κ3) is 4.66. The normalized spacial score (nSPS) is 13.6. The van der Waals surface area contributed by atoms with Crippen LogP contribution in [0.15, 0.2) is 18.2 Å². The Labute approximate surface area is 123 Å². The quantitative estimate of drug-likeness (QED) is 0.585. The van der Waals surface area contributed by atoms with Gasteiger partial charge in [-0.3, -0.25) is 4.79 Å². The predicted octanol–water partition coefficient (Wildman–Crippen LogP) is 1.35. The van der Waals surface area contributed by atoms with Crippen LogP contribution in [0, 0.1) is 5.92 Å². The van der Waals surface area contributed by atoms with E-state index >= 15 is 0 Å². The zero-order chi connectivity index (χ0) is 15.2. The van der Waals surface area contributed by atoms with Gasteiger partial charge in [0.15, 0.2) is 6.61 Å². The zero-order valence-electron chi connectivity index (χ0n) is 12.1. The fraction of sp³-hybridized carbons (Fsp3) is 0.467. The maximum absolute atomic E-state index is 11.8. The fourth-order valence-electron chi connectivity index (χ4n) is 1.82. The Morgan fingerprint density at radius 3 is 2.81 bits per heavy atom. The number of nitrogen functional groups attached to an aromatic ring is 1. The topological polar surface area (TPSA) is 90.7 Å². The first-order valence-electron chi connectivity index (χ1n) is 7.06. The van der Waals surface area contributed by atoms with E-state index in [4.69, 9.17) is 15.2 Å². The third-order valence-electron chi connectivity index (χ3n) is 3.14. The van der Waals surface area contributed by atoms with Crippen molar-refractivity contribution in [3.05, 3.63) is 23.8 Å². The molecule has 2 rings (SSSR count). The summed E-state index contributed by atoms with van der Waals surface area (Å²) in [4.78, 5) is 23.5. The van der Waals surface area contributed by atoms with Gasteiger partial charge in [0, 0.05) is 12.2 Å². The van der Waals surface area contributed by atoms with Crippen LogP contribution in [-0.4, -0.2) is 31.6 Å². The van der Waals surface area contributed by atoms with Gasteiger partial charge in [-0.05, 0) is 43.9 Å². The molecule has 0 saturated heterocycles. The number of carbonyl (C=O) groups is 2. The number of hydrogen-bond donors (Lipinski definition) is 2. The van der Waals surface area contributed by atoms with Crippen molar-refractivity contribution in [1.82, 2.24) is 5.32 Å². The maximum Gasteiger partial charge on any atom is 0.341 e. The number of rotatable bonds is 7. The Kier molecular flexibility index (Phi) is 5.03. The van der Waals surface area contributed by atoms with Crippen LogP contribution in [0.25, 0.3) is 0 Å². The molecule has 1 aliphatic rings. The number of nitrogens with two attached hydrogens (primary N) is 1. The molecule has 1 aromatic rings. The number of amides is 1. The van der Waals surface area contributed by atoms with Gasteiger partial charge in [0.25, 0.3) is 5.91 Å². The van der Waals surface area contributed by atoms with E-state index in [1.807, 2.05) is 0 Å². The molecule has 0 aromatic heterocycles. The van der Waals surface area contributed by atoms with Gasteiger partial charge >= 0.3 is 5.97 Å². The van der Waals surface area contributed by atoms with Gasteiger partial charge in [-0.15, -0.1) is 0 Å². The second-order valence-electron chi connectivity index (χ2n) is 5.01. The number of carbonyl (C=O) groups excluding carboxylic acids is 2. The van der Waals surface area contributed by atoms with Crippen molar-refractivity contribution >= 4 is 17.6 Å². The zero-order valence-corrected chi connectivity index (χ0v) is 12.1. The summed E-state index contributed by atoms with van der Waals surface area (Å²) in [5, 5.41) is 2.80. The summed E-state index contributed by atoms with van der Waals surface area (Å²) in [6.07, 6.45) is 2.35. The standard InChI is InChI=1S/C15H20N2O4/c1-2-20-15(19)12-7-11(16)5-6-13(12)21-9-14(18)17-8-10-3-4-10/h5-7,10H,2-4,8-9,16H2,1H3,(H,17,18). The molecule has 114 valence electrons. The highest BCUT2D eigenvalue weighted by Crippen LogP contribution is 2.27. The van der Waals surface area contributed by atoms with Crippen LogP contribution in [0.5, 0.6) is 5.75 Å². The molecule has 0 aliphatic heterocycles. The average molecular weight is 292 g/mol. The second-order valence-corrected chi connectivity index (χ2v) is 5.01. The molecule has 1 aliphatic carbocycles. The highest BCUT2D eigenvalue weighted by Gasteiger charge is 2.22. The molecule has 1 fully saturated rings. The van der Waals surface area contributed by atoms with Gasteiger partial charge in [-0.25, -0.2) is 4.79 Å². The van der Waals surface area contributed by atoms with Crippen LogP contribution in [0.4, 0.5) is 5.69 Å². The number of ether oxygens (including phenoxy) is 2. The van der Waals surface area contributed by atoms with E-state index < -0.39 is 5.97 Å². The third-order valence-corrected chi connectivity index (χ3v) is 3.14. The van der Waals surface area contributed by atoms with Crippen LogP contribution in [0.3, 0.4) is 0 Å². The van der Waals surface area contributed by atoms with Crippen LogP contribution < -0.4 is 15.8 Å². The summed E-state index contributed by atoms with van der Waals surface area (Å²) in [5.41, 5.74) is 6.33. The average Bonchev–Trinajstić information content (AvgIpc) is 3.28. The predicted molar refractivity (Wildman–Crippen MR) is 78.0 cm³/mol. The summed E-state index contributed by atoms with van der Waals surface area (Å²) in [7, 11) is 0. The van der Waals surface area contributed by atoms with E-state index in [1.54, 1.807) is 19.1 Å². The molecule has 0 radical (unpaired) electrons. The summed E-state index contributed by atoms with van der Waals surface area (Å²) >= 11 is 0. The van der Waals surface area contributed by atoms with E-state index in [0.29, 0.717) is 23.9 Å². The lowest BCUT2D eigenvalue weighted by Gasteiger charge is -2.11. The van der Waals surface area contributed by atoms with Gasteiger partial charge in [0.1, 0.15) is 11.3 Å². The Balaban J connectivity index is 1.94. The van der Waals surface area contributed by atoms with Gasteiger partial charge in [0.05, 0.1) is 6.61 Å². The summed E-state index contributed by atoms with van der Waals surface area (Å²) in [6.45, 7) is 2.53. The molecule has 3 N–H and O–H groups in total. The van der Waals surface area contributed by atoms with Crippen LogP contribution in [0.2, 0.25) is 0 Å². The Bertz CT molecular complexity index is 526. The molecular formula is C15H20N2O4. The maximum atomic E-state index is 11.8. The molecule has 0 unspecified atom stereocenters. The van der Waals surface area contributed by atoms with Crippen molar-refractivity contribution in [2.45, 2.75) is 19.8 Å². The van der Waals surface area contributed by atoms with Crippen molar-refractivity contribution in [3.63, 3.8) is 0 Å². The first kappa shape index (κ1) is 15.2. The molecule has 0 heterocycles. The highest BCUT2D eigenvalue weighted by atomic mass is 16.5. The number of benzene rings is 1. The fourth-order valence-corrected chi connectivity index (χ4v) is 1.82. The Morgan fingerprint density at radius 2 is 2.14 bits per heavy atom. The van der Waals surface area contributed by atoms with Crippen molar-refractivity contribution in [1.29, 1.82) is 0 Å². The van der Waals surface area contributed by atoms with Gasteiger partial charge in [-0.2, -0.15) is 0 Å². The van der Waals surface area contributed by atoms with Gasteiger partial charge < -0.3 is 20.5 Å². The lowest BCUT2D eigenvalue weighted by Crippen LogP contribution is -2.30. The Morgan fingerprint density at radius 1 is 1.38 bits per heavy atom. The lowest BCUT2D eigenvalue weighted by molar-refractivity contribution is -0.123. The van der Waals surface area contributed by atoms with Crippen molar-refractivity contribution in [2.75, 3.05) is 25.5 Å². The summed E-state index contributed by atoms with van der Waals surface area (Å²) in [6, 6.07) is 4.66. The second kappa shape index (κ2) is 6.97. The molecule has 0 bridgehead atoms. The molecule has 0 atom stereocenters. The van der Waals surface area contributed by atoms with E-state index in [1.165, 1.54) is 18.9 Å². The SMILES string of the molecule is CCOC(=O)c1cc(N)ccc1OCC(=O)NCC1CC1. The van der Waals surface area contributed by atoms with Crippen LogP contribution in [-0.2, 0) is 9.53 Å². The molecule has 6 nitrogen and oxygen atoms in total. The summed E-state index contributed by atoms with van der Waals surface area (Å²) in [5.74, 6) is 0.191. The Hall–Kier alpha value is -2.24. The number of esters is 1. The van der Waals surface area contributed by atoms with Gasteiger partial charge in [0.2, 0.25) is 0 Å². The first-order chi connectivity index (χ1) is 10.1. The largest absolute Gasteiger partial charge is 0.483 e. The highest BCUT2D eigenvalue weighted by molar-refractivity contribution is 5.93. The van der Waals surface area contributed by atoms with Gasteiger partial charge in [-0.1, -0.05) is 0 Å².